The molecule has 1 fully saturated rings. The van der Waals surface area contributed by atoms with Gasteiger partial charge in [0.15, 0.2) is 6.10 Å². The van der Waals surface area contributed by atoms with Crippen molar-refractivity contribution in [3.05, 3.63) is 63.1 Å². The van der Waals surface area contributed by atoms with E-state index in [0.29, 0.717) is 17.3 Å². The number of piperazine rings is 1. The third-order valence-corrected chi connectivity index (χ3v) is 5.88. The molecule has 0 aliphatic carbocycles. The second kappa shape index (κ2) is 10.4. The van der Waals surface area contributed by atoms with Crippen LogP contribution in [0, 0.1) is 0 Å². The van der Waals surface area contributed by atoms with Gasteiger partial charge in [0.2, 0.25) is 0 Å². The summed E-state index contributed by atoms with van der Waals surface area (Å²) in [5, 5.41) is 3.57. The van der Waals surface area contributed by atoms with E-state index in [0.717, 1.165) is 42.8 Å². The molecule has 0 bridgehead atoms. The average Bonchev–Trinajstić information content (AvgIpc) is 2.70. The molecule has 0 radical (unpaired) electrons. The van der Waals surface area contributed by atoms with Gasteiger partial charge in [0.1, 0.15) is 5.75 Å². The van der Waals surface area contributed by atoms with Crippen molar-refractivity contribution in [1.82, 2.24) is 15.1 Å². The number of ether oxygens (including phenoxy) is 1. The first-order valence-electron chi connectivity index (χ1n) is 9.79. The zero-order valence-corrected chi connectivity index (χ0v) is 19.2. The molecule has 1 unspecified atom stereocenters. The van der Waals surface area contributed by atoms with Crippen molar-refractivity contribution in [3.63, 3.8) is 0 Å². The number of halogens is 2. The first-order valence-corrected chi connectivity index (χ1v) is 11.0. The first-order chi connectivity index (χ1) is 13.9. The van der Waals surface area contributed by atoms with Crippen molar-refractivity contribution in [2.75, 3.05) is 33.2 Å². The lowest BCUT2D eigenvalue weighted by atomic mass is 10.1. The van der Waals surface area contributed by atoms with Gasteiger partial charge in [-0.15, -0.1) is 0 Å². The van der Waals surface area contributed by atoms with Crippen LogP contribution in [0.15, 0.2) is 46.9 Å². The van der Waals surface area contributed by atoms with Gasteiger partial charge >= 0.3 is 0 Å². The largest absolute Gasteiger partial charge is 0.480 e. The molecule has 29 heavy (non-hydrogen) atoms. The van der Waals surface area contributed by atoms with Gasteiger partial charge in [-0.2, -0.15) is 0 Å². The molecule has 1 N–H and O–H groups in total. The van der Waals surface area contributed by atoms with Crippen molar-refractivity contribution < 1.29 is 9.53 Å². The standard InChI is InChI=1S/C22H27BrClN3O2/c1-16(29-21-7-6-19(24)13-20(21)23)22(28)25-14-17-4-3-5-18(12-17)15-27-10-8-26(2)9-11-27/h3-7,12-13,16H,8-11,14-15H2,1-2H3,(H,25,28). The van der Waals surface area contributed by atoms with Gasteiger partial charge in [-0.25, -0.2) is 0 Å². The maximum atomic E-state index is 12.4. The van der Waals surface area contributed by atoms with Crippen LogP contribution in [0.1, 0.15) is 18.1 Å². The SMILES string of the molecule is CC(Oc1ccc(Cl)cc1Br)C(=O)NCc1cccc(CN2CCN(C)CC2)c1. The summed E-state index contributed by atoms with van der Waals surface area (Å²) in [6.07, 6.45) is -0.610. The third kappa shape index (κ3) is 6.71. The normalized spacial score (nSPS) is 16.4. The number of benzene rings is 2. The van der Waals surface area contributed by atoms with Gasteiger partial charge < -0.3 is 15.0 Å². The van der Waals surface area contributed by atoms with Crippen LogP contribution in [0.5, 0.6) is 5.75 Å². The molecular weight excluding hydrogens is 454 g/mol. The molecule has 0 spiro atoms. The molecule has 0 aromatic heterocycles. The second-order valence-corrected chi connectivity index (χ2v) is 8.74. The third-order valence-electron chi connectivity index (χ3n) is 5.03. The van der Waals surface area contributed by atoms with Crippen LogP contribution >= 0.6 is 27.5 Å². The average molecular weight is 481 g/mol. The molecule has 3 rings (SSSR count). The lowest BCUT2D eigenvalue weighted by Gasteiger charge is -2.32. The van der Waals surface area contributed by atoms with Crippen LogP contribution in [0.4, 0.5) is 0 Å². The van der Waals surface area contributed by atoms with Crippen LogP contribution in [-0.4, -0.2) is 55.0 Å². The number of carbonyl (C=O) groups is 1. The summed E-state index contributed by atoms with van der Waals surface area (Å²) in [6.45, 7) is 7.55. The number of carbonyl (C=O) groups excluding carboxylic acids is 1. The van der Waals surface area contributed by atoms with E-state index in [2.05, 4.69) is 56.3 Å². The highest BCUT2D eigenvalue weighted by Gasteiger charge is 2.17. The lowest BCUT2D eigenvalue weighted by Crippen LogP contribution is -2.43. The summed E-state index contributed by atoms with van der Waals surface area (Å²) in [4.78, 5) is 17.3. The maximum Gasteiger partial charge on any atom is 0.261 e. The lowest BCUT2D eigenvalue weighted by molar-refractivity contribution is -0.127. The predicted molar refractivity (Wildman–Crippen MR) is 120 cm³/mol. The van der Waals surface area contributed by atoms with Crippen molar-refractivity contribution >= 4 is 33.4 Å². The van der Waals surface area contributed by atoms with E-state index < -0.39 is 6.10 Å². The molecule has 1 aliphatic heterocycles. The Morgan fingerprint density at radius 3 is 2.62 bits per heavy atom. The molecular formula is C22H27BrClN3O2. The van der Waals surface area contributed by atoms with Crippen LogP contribution in [0.3, 0.4) is 0 Å². The zero-order chi connectivity index (χ0) is 20.8. The molecule has 2 aromatic carbocycles. The molecule has 1 amide bonds. The van der Waals surface area contributed by atoms with Gasteiger partial charge in [0, 0.05) is 44.3 Å². The number of hydrogen-bond acceptors (Lipinski definition) is 4. The Morgan fingerprint density at radius 2 is 1.90 bits per heavy atom. The van der Waals surface area contributed by atoms with Gasteiger partial charge in [-0.05, 0) is 59.2 Å². The summed E-state index contributed by atoms with van der Waals surface area (Å²) in [6, 6.07) is 13.6. The Kier molecular flexibility index (Phi) is 7.95. The smallest absolute Gasteiger partial charge is 0.261 e. The number of rotatable bonds is 7. The van der Waals surface area contributed by atoms with E-state index in [-0.39, 0.29) is 5.91 Å². The highest BCUT2D eigenvalue weighted by molar-refractivity contribution is 9.10. The summed E-state index contributed by atoms with van der Waals surface area (Å²) < 4.78 is 6.48. The highest BCUT2D eigenvalue weighted by atomic mass is 79.9. The molecule has 1 atom stereocenters. The minimum Gasteiger partial charge on any atom is -0.480 e. The number of nitrogens with zero attached hydrogens (tertiary/aromatic N) is 2. The number of hydrogen-bond donors (Lipinski definition) is 1. The summed E-state index contributed by atoms with van der Waals surface area (Å²) >= 11 is 9.35. The maximum absolute atomic E-state index is 12.4. The van der Waals surface area contributed by atoms with Crippen LogP contribution in [0.2, 0.25) is 5.02 Å². The molecule has 1 heterocycles. The van der Waals surface area contributed by atoms with Gasteiger partial charge in [-0.3, -0.25) is 9.69 Å². The molecule has 1 aliphatic rings. The Morgan fingerprint density at radius 1 is 1.17 bits per heavy atom. The fourth-order valence-corrected chi connectivity index (χ4v) is 4.03. The molecule has 5 nitrogen and oxygen atoms in total. The van der Waals surface area contributed by atoms with Crippen molar-refractivity contribution in [2.45, 2.75) is 26.1 Å². The number of amides is 1. The van der Waals surface area contributed by atoms with Crippen LogP contribution in [0.25, 0.3) is 0 Å². The van der Waals surface area contributed by atoms with E-state index in [9.17, 15) is 4.79 Å². The van der Waals surface area contributed by atoms with E-state index in [1.54, 1.807) is 25.1 Å². The number of nitrogens with one attached hydrogen (secondary N) is 1. The van der Waals surface area contributed by atoms with Crippen LogP contribution in [-0.2, 0) is 17.9 Å². The first kappa shape index (κ1) is 22.1. The molecule has 1 saturated heterocycles. The van der Waals surface area contributed by atoms with Crippen LogP contribution < -0.4 is 10.1 Å². The van der Waals surface area contributed by atoms with Crippen molar-refractivity contribution in [2.24, 2.45) is 0 Å². The Hall–Kier alpha value is -1.60. The highest BCUT2D eigenvalue weighted by Crippen LogP contribution is 2.28. The number of likely N-dealkylation sites (N-methyl/N-ethyl adjacent to an activating group) is 1. The topological polar surface area (TPSA) is 44.8 Å². The summed E-state index contributed by atoms with van der Waals surface area (Å²) in [5.74, 6) is 0.433. The van der Waals surface area contributed by atoms with Crippen molar-refractivity contribution in [3.8, 4) is 5.75 Å². The Balaban J connectivity index is 1.50. The van der Waals surface area contributed by atoms with E-state index in [1.165, 1.54) is 5.56 Å². The van der Waals surface area contributed by atoms with Gasteiger partial charge in [-0.1, -0.05) is 35.9 Å². The second-order valence-electron chi connectivity index (χ2n) is 7.45. The van der Waals surface area contributed by atoms with Gasteiger partial charge in [0.05, 0.1) is 4.47 Å². The fourth-order valence-electron chi connectivity index (χ4n) is 3.25. The van der Waals surface area contributed by atoms with E-state index in [1.807, 2.05) is 6.07 Å². The Labute approximate surface area is 186 Å². The molecule has 156 valence electrons. The van der Waals surface area contributed by atoms with E-state index in [4.69, 9.17) is 16.3 Å². The van der Waals surface area contributed by atoms with E-state index >= 15 is 0 Å². The molecule has 0 saturated carbocycles. The molecule has 7 heteroatoms. The predicted octanol–water partition coefficient (Wildman–Crippen LogP) is 3.93. The minimum absolute atomic E-state index is 0.156. The van der Waals surface area contributed by atoms with Crippen molar-refractivity contribution in [1.29, 1.82) is 0 Å². The fraction of sp³-hybridized carbons (Fsp3) is 0.409. The Bertz CT molecular complexity index is 841. The van der Waals surface area contributed by atoms with Gasteiger partial charge in [0.25, 0.3) is 5.91 Å². The molecule has 2 aromatic rings. The summed E-state index contributed by atoms with van der Waals surface area (Å²) in [7, 11) is 2.16. The minimum atomic E-state index is -0.610. The quantitative estimate of drug-likeness (QED) is 0.652. The zero-order valence-electron chi connectivity index (χ0n) is 16.8. The summed E-state index contributed by atoms with van der Waals surface area (Å²) in [5.41, 5.74) is 2.36. The monoisotopic (exact) mass is 479 g/mol.